The van der Waals surface area contributed by atoms with Crippen molar-refractivity contribution in [1.82, 2.24) is 4.98 Å². The molecule has 0 aliphatic carbocycles. The van der Waals surface area contributed by atoms with Gasteiger partial charge in [-0.25, -0.2) is 4.98 Å². The predicted octanol–water partition coefficient (Wildman–Crippen LogP) is 2.49. The number of rotatable bonds is 6. The fourth-order valence-corrected chi connectivity index (χ4v) is 1.64. The first kappa shape index (κ1) is 11.4. The summed E-state index contributed by atoms with van der Waals surface area (Å²) in [5.74, 6) is 0.0339. The van der Waals surface area contributed by atoms with E-state index >= 15 is 0 Å². The van der Waals surface area contributed by atoms with E-state index in [1.165, 1.54) is 0 Å². The molecular weight excluding hydrogens is 220 g/mol. The van der Waals surface area contributed by atoms with E-state index in [0.29, 0.717) is 13.0 Å². The number of hydrogen-bond acceptors (Lipinski definition) is 4. The van der Waals surface area contributed by atoms with Crippen LogP contribution >= 0.6 is 0 Å². The highest BCUT2D eigenvalue weighted by molar-refractivity contribution is 5.87. The molecule has 2 aromatic heterocycles. The molecule has 0 aliphatic heterocycles. The van der Waals surface area contributed by atoms with Crippen LogP contribution in [0.1, 0.15) is 19.3 Å². The molecule has 2 N–H and O–H groups in total. The van der Waals surface area contributed by atoms with E-state index in [4.69, 9.17) is 9.52 Å². The standard InChI is InChI=1S/C12H14N2O3/c15-11(16)3-1-2-6-13-12-9-5-8-17-10(9)4-7-14-12/h4-5,7-8H,1-3,6H2,(H,13,14)(H,15,16). The fraction of sp³-hybridized carbons (Fsp3) is 0.333. The summed E-state index contributed by atoms with van der Waals surface area (Å²) < 4.78 is 5.26. The average molecular weight is 234 g/mol. The van der Waals surface area contributed by atoms with Gasteiger partial charge in [-0.2, -0.15) is 0 Å². The van der Waals surface area contributed by atoms with E-state index in [1.54, 1.807) is 12.5 Å². The number of hydrogen-bond donors (Lipinski definition) is 2. The summed E-state index contributed by atoms with van der Waals surface area (Å²) in [6.45, 7) is 0.713. The minimum atomic E-state index is -0.750. The number of aliphatic carboxylic acids is 1. The van der Waals surface area contributed by atoms with Crippen molar-refractivity contribution in [2.45, 2.75) is 19.3 Å². The Morgan fingerprint density at radius 3 is 3.12 bits per heavy atom. The highest BCUT2D eigenvalue weighted by Crippen LogP contribution is 2.21. The van der Waals surface area contributed by atoms with Crippen LogP contribution in [0, 0.1) is 0 Å². The molecule has 0 saturated carbocycles. The molecule has 2 rings (SSSR count). The quantitative estimate of drug-likeness (QED) is 0.751. The van der Waals surface area contributed by atoms with Gasteiger partial charge in [0.05, 0.1) is 11.6 Å². The van der Waals surface area contributed by atoms with Crippen LogP contribution in [-0.4, -0.2) is 22.6 Å². The molecule has 0 radical (unpaired) electrons. The Kier molecular flexibility index (Phi) is 3.59. The number of nitrogens with one attached hydrogen (secondary N) is 1. The van der Waals surface area contributed by atoms with Gasteiger partial charge in [-0.15, -0.1) is 0 Å². The van der Waals surface area contributed by atoms with E-state index in [-0.39, 0.29) is 6.42 Å². The van der Waals surface area contributed by atoms with Gasteiger partial charge in [0.1, 0.15) is 11.4 Å². The zero-order valence-electron chi connectivity index (χ0n) is 9.35. The predicted molar refractivity (Wildman–Crippen MR) is 64.0 cm³/mol. The van der Waals surface area contributed by atoms with Gasteiger partial charge in [0.2, 0.25) is 0 Å². The zero-order valence-corrected chi connectivity index (χ0v) is 9.35. The summed E-state index contributed by atoms with van der Waals surface area (Å²) in [6.07, 6.45) is 5.00. The van der Waals surface area contributed by atoms with Crippen molar-refractivity contribution in [2.24, 2.45) is 0 Å². The molecule has 0 unspecified atom stereocenters. The fourth-order valence-electron chi connectivity index (χ4n) is 1.64. The number of nitrogens with zero attached hydrogens (tertiary/aromatic N) is 1. The van der Waals surface area contributed by atoms with E-state index in [1.807, 2.05) is 12.1 Å². The first-order chi connectivity index (χ1) is 8.27. The van der Waals surface area contributed by atoms with Crippen LogP contribution in [-0.2, 0) is 4.79 Å². The highest BCUT2D eigenvalue weighted by atomic mass is 16.4. The first-order valence-electron chi connectivity index (χ1n) is 5.55. The van der Waals surface area contributed by atoms with Crippen molar-refractivity contribution in [3.63, 3.8) is 0 Å². The third kappa shape index (κ3) is 2.96. The molecule has 0 aromatic carbocycles. The van der Waals surface area contributed by atoms with Gasteiger partial charge in [-0.1, -0.05) is 0 Å². The van der Waals surface area contributed by atoms with Crippen molar-refractivity contribution in [3.05, 3.63) is 24.6 Å². The lowest BCUT2D eigenvalue weighted by Gasteiger charge is -2.05. The van der Waals surface area contributed by atoms with Crippen LogP contribution in [0.2, 0.25) is 0 Å². The first-order valence-corrected chi connectivity index (χ1v) is 5.55. The number of pyridine rings is 1. The van der Waals surface area contributed by atoms with Gasteiger partial charge in [0.25, 0.3) is 0 Å². The minimum absolute atomic E-state index is 0.213. The molecule has 5 nitrogen and oxygen atoms in total. The van der Waals surface area contributed by atoms with Gasteiger partial charge in [0.15, 0.2) is 0 Å². The van der Waals surface area contributed by atoms with Crippen LogP contribution in [0.15, 0.2) is 29.0 Å². The normalized spacial score (nSPS) is 10.6. The van der Waals surface area contributed by atoms with Crippen molar-refractivity contribution in [1.29, 1.82) is 0 Å². The molecule has 0 aliphatic rings. The van der Waals surface area contributed by atoms with Crippen LogP contribution < -0.4 is 5.32 Å². The number of fused-ring (bicyclic) bond motifs is 1. The molecule has 90 valence electrons. The summed E-state index contributed by atoms with van der Waals surface area (Å²) in [5.41, 5.74) is 0.799. The number of carboxylic acids is 1. The second-order valence-electron chi connectivity index (χ2n) is 3.77. The van der Waals surface area contributed by atoms with Crippen molar-refractivity contribution >= 4 is 22.8 Å². The molecule has 0 atom stereocenters. The Morgan fingerprint density at radius 1 is 1.41 bits per heavy atom. The smallest absolute Gasteiger partial charge is 0.303 e. The number of unbranched alkanes of at least 4 members (excludes halogenated alkanes) is 1. The van der Waals surface area contributed by atoms with Crippen molar-refractivity contribution in [3.8, 4) is 0 Å². The zero-order chi connectivity index (χ0) is 12.1. The second-order valence-corrected chi connectivity index (χ2v) is 3.77. The summed E-state index contributed by atoms with van der Waals surface area (Å²) in [5, 5.41) is 12.6. The van der Waals surface area contributed by atoms with Crippen LogP contribution in [0.3, 0.4) is 0 Å². The molecule has 5 heteroatoms. The van der Waals surface area contributed by atoms with Crippen molar-refractivity contribution in [2.75, 3.05) is 11.9 Å². The maximum Gasteiger partial charge on any atom is 0.303 e. The number of aromatic nitrogens is 1. The third-order valence-corrected chi connectivity index (χ3v) is 2.49. The van der Waals surface area contributed by atoms with Gasteiger partial charge in [0, 0.05) is 19.2 Å². The maximum atomic E-state index is 10.3. The maximum absolute atomic E-state index is 10.3. The third-order valence-electron chi connectivity index (χ3n) is 2.49. The summed E-state index contributed by atoms with van der Waals surface area (Å²) >= 11 is 0. The number of carboxylic acid groups (broad SMARTS) is 1. The Labute approximate surface area is 98.5 Å². The Hall–Kier alpha value is -2.04. The van der Waals surface area contributed by atoms with Crippen LogP contribution in [0.25, 0.3) is 11.0 Å². The lowest BCUT2D eigenvalue weighted by molar-refractivity contribution is -0.137. The number of furan rings is 1. The molecule has 0 amide bonds. The number of carbonyl (C=O) groups is 1. The number of anilines is 1. The van der Waals surface area contributed by atoms with Gasteiger partial charge in [-0.05, 0) is 25.0 Å². The van der Waals surface area contributed by atoms with Crippen molar-refractivity contribution < 1.29 is 14.3 Å². The van der Waals surface area contributed by atoms with Crippen LogP contribution in [0.4, 0.5) is 5.82 Å². The lowest BCUT2D eigenvalue weighted by Crippen LogP contribution is -2.04. The molecule has 2 aromatic rings. The SMILES string of the molecule is O=C(O)CCCCNc1nccc2occc12. The van der Waals surface area contributed by atoms with E-state index in [9.17, 15) is 4.79 Å². The summed E-state index contributed by atoms with van der Waals surface area (Å²) in [6, 6.07) is 3.67. The van der Waals surface area contributed by atoms with Gasteiger partial charge >= 0.3 is 5.97 Å². The van der Waals surface area contributed by atoms with Crippen LogP contribution in [0.5, 0.6) is 0 Å². The topological polar surface area (TPSA) is 75.4 Å². The molecule has 0 fully saturated rings. The van der Waals surface area contributed by atoms with Gasteiger partial charge in [-0.3, -0.25) is 4.79 Å². The van der Waals surface area contributed by atoms with E-state index < -0.39 is 5.97 Å². The van der Waals surface area contributed by atoms with E-state index in [2.05, 4.69) is 10.3 Å². The summed E-state index contributed by atoms with van der Waals surface area (Å²) in [4.78, 5) is 14.6. The Balaban J connectivity index is 1.86. The van der Waals surface area contributed by atoms with Gasteiger partial charge < -0.3 is 14.8 Å². The monoisotopic (exact) mass is 234 g/mol. The molecular formula is C12H14N2O3. The molecule has 0 bridgehead atoms. The largest absolute Gasteiger partial charge is 0.481 e. The van der Waals surface area contributed by atoms with E-state index in [0.717, 1.165) is 23.2 Å². The molecule has 0 saturated heterocycles. The average Bonchev–Trinajstić information content (AvgIpc) is 2.77. The Bertz CT molecular complexity index is 507. The summed E-state index contributed by atoms with van der Waals surface area (Å²) in [7, 11) is 0. The highest BCUT2D eigenvalue weighted by Gasteiger charge is 2.03. The Morgan fingerprint density at radius 2 is 2.29 bits per heavy atom. The minimum Gasteiger partial charge on any atom is -0.481 e. The second kappa shape index (κ2) is 5.34. The molecule has 2 heterocycles. The molecule has 17 heavy (non-hydrogen) atoms. The molecule has 0 spiro atoms. The lowest BCUT2D eigenvalue weighted by atomic mass is 10.2.